The summed E-state index contributed by atoms with van der Waals surface area (Å²) in [6.07, 6.45) is 2.46. The predicted octanol–water partition coefficient (Wildman–Crippen LogP) is 1.43. The number of methoxy groups -OCH3 is 1. The summed E-state index contributed by atoms with van der Waals surface area (Å²) in [6, 6.07) is 3.93. The molecular weight excluding hydrogens is 220 g/mol. The molecule has 0 aromatic carbocycles. The topological polar surface area (TPSA) is 71.5 Å². The number of pyridine rings is 1. The minimum Gasteiger partial charge on any atom is -0.481 e. The van der Waals surface area contributed by atoms with Crippen molar-refractivity contribution >= 4 is 5.97 Å². The van der Waals surface area contributed by atoms with Crippen LogP contribution in [-0.4, -0.2) is 29.2 Å². The first-order chi connectivity index (χ1) is 8.13. The van der Waals surface area contributed by atoms with Crippen molar-refractivity contribution in [3.05, 3.63) is 23.9 Å². The number of ether oxygens (including phenoxy) is 1. The number of aliphatic carboxylic acids is 1. The van der Waals surface area contributed by atoms with Crippen LogP contribution in [0.25, 0.3) is 0 Å². The molecule has 1 atom stereocenters. The third kappa shape index (κ3) is 4.82. The Morgan fingerprint density at radius 1 is 1.65 bits per heavy atom. The van der Waals surface area contributed by atoms with Crippen LogP contribution in [0.2, 0.25) is 0 Å². The van der Waals surface area contributed by atoms with Gasteiger partial charge in [-0.3, -0.25) is 4.79 Å². The molecule has 1 rings (SSSR count). The maximum absolute atomic E-state index is 10.4. The van der Waals surface area contributed by atoms with Gasteiger partial charge < -0.3 is 15.2 Å². The molecule has 1 aromatic rings. The smallest absolute Gasteiger partial charge is 0.303 e. The molecular formula is C12H18N2O3. The van der Waals surface area contributed by atoms with Gasteiger partial charge in [0.15, 0.2) is 0 Å². The second-order valence-electron chi connectivity index (χ2n) is 3.89. The highest BCUT2D eigenvalue weighted by atomic mass is 16.5. The lowest BCUT2D eigenvalue weighted by Crippen LogP contribution is -2.26. The number of aromatic nitrogens is 1. The fourth-order valence-corrected chi connectivity index (χ4v) is 1.47. The van der Waals surface area contributed by atoms with Gasteiger partial charge in [0.2, 0.25) is 5.88 Å². The fourth-order valence-electron chi connectivity index (χ4n) is 1.47. The van der Waals surface area contributed by atoms with Gasteiger partial charge >= 0.3 is 5.97 Å². The van der Waals surface area contributed by atoms with Gasteiger partial charge in [0, 0.05) is 30.8 Å². The van der Waals surface area contributed by atoms with E-state index in [0.29, 0.717) is 18.8 Å². The average molecular weight is 238 g/mol. The molecule has 0 aliphatic carbocycles. The largest absolute Gasteiger partial charge is 0.481 e. The van der Waals surface area contributed by atoms with E-state index in [9.17, 15) is 4.79 Å². The first-order valence-corrected chi connectivity index (χ1v) is 5.56. The van der Waals surface area contributed by atoms with E-state index in [-0.39, 0.29) is 12.5 Å². The van der Waals surface area contributed by atoms with Crippen molar-refractivity contribution in [2.45, 2.75) is 32.4 Å². The Bertz CT molecular complexity index is 369. The quantitative estimate of drug-likeness (QED) is 0.752. The first-order valence-electron chi connectivity index (χ1n) is 5.56. The molecule has 0 saturated heterocycles. The zero-order chi connectivity index (χ0) is 12.7. The highest BCUT2D eigenvalue weighted by Crippen LogP contribution is 2.13. The lowest BCUT2D eigenvalue weighted by Gasteiger charge is -2.13. The Morgan fingerprint density at radius 3 is 3.06 bits per heavy atom. The van der Waals surface area contributed by atoms with E-state index in [4.69, 9.17) is 9.84 Å². The lowest BCUT2D eigenvalue weighted by molar-refractivity contribution is -0.137. The summed E-state index contributed by atoms with van der Waals surface area (Å²) >= 11 is 0. The van der Waals surface area contributed by atoms with Crippen molar-refractivity contribution < 1.29 is 14.6 Å². The SMILES string of the molecule is COc1ncccc1CNC(C)CCC(=O)O. The normalized spacial score (nSPS) is 12.1. The number of hydrogen-bond donors (Lipinski definition) is 2. The molecule has 5 nitrogen and oxygen atoms in total. The van der Waals surface area contributed by atoms with Crippen molar-refractivity contribution in [2.75, 3.05) is 7.11 Å². The van der Waals surface area contributed by atoms with E-state index in [1.165, 1.54) is 0 Å². The molecule has 2 N–H and O–H groups in total. The predicted molar refractivity (Wildman–Crippen MR) is 64.0 cm³/mol. The minimum absolute atomic E-state index is 0.149. The summed E-state index contributed by atoms with van der Waals surface area (Å²) in [5.41, 5.74) is 0.970. The summed E-state index contributed by atoms with van der Waals surface area (Å²) in [4.78, 5) is 14.5. The molecule has 0 fully saturated rings. The molecule has 0 spiro atoms. The summed E-state index contributed by atoms with van der Waals surface area (Å²) in [5.74, 6) is -0.164. The van der Waals surface area contributed by atoms with Crippen molar-refractivity contribution in [3.63, 3.8) is 0 Å². The van der Waals surface area contributed by atoms with E-state index in [2.05, 4.69) is 10.3 Å². The maximum atomic E-state index is 10.4. The fraction of sp³-hybridized carbons (Fsp3) is 0.500. The van der Waals surface area contributed by atoms with Crippen molar-refractivity contribution in [1.82, 2.24) is 10.3 Å². The van der Waals surface area contributed by atoms with Gasteiger partial charge in [-0.2, -0.15) is 0 Å². The molecule has 1 aromatic heterocycles. The number of rotatable bonds is 7. The van der Waals surface area contributed by atoms with Crippen LogP contribution >= 0.6 is 0 Å². The minimum atomic E-state index is -0.766. The molecule has 0 bridgehead atoms. The Kier molecular flexibility index (Phi) is 5.42. The van der Waals surface area contributed by atoms with Crippen LogP contribution < -0.4 is 10.1 Å². The van der Waals surface area contributed by atoms with Crippen LogP contribution in [0, 0.1) is 0 Å². The Balaban J connectivity index is 2.41. The Hall–Kier alpha value is -1.62. The molecule has 5 heteroatoms. The van der Waals surface area contributed by atoms with E-state index in [1.54, 1.807) is 13.3 Å². The van der Waals surface area contributed by atoms with Crippen LogP contribution in [0.3, 0.4) is 0 Å². The van der Waals surface area contributed by atoms with Gasteiger partial charge in [-0.1, -0.05) is 6.07 Å². The number of hydrogen-bond acceptors (Lipinski definition) is 4. The van der Waals surface area contributed by atoms with Gasteiger partial charge in [0.1, 0.15) is 0 Å². The zero-order valence-corrected chi connectivity index (χ0v) is 10.1. The lowest BCUT2D eigenvalue weighted by atomic mass is 10.1. The molecule has 94 valence electrons. The molecule has 1 unspecified atom stereocenters. The molecule has 0 aliphatic heterocycles. The molecule has 0 aliphatic rings. The summed E-state index contributed by atoms with van der Waals surface area (Å²) in [5, 5.41) is 11.8. The van der Waals surface area contributed by atoms with E-state index in [1.807, 2.05) is 19.1 Å². The summed E-state index contributed by atoms with van der Waals surface area (Å²) in [6.45, 7) is 2.59. The first kappa shape index (κ1) is 13.4. The third-order valence-corrected chi connectivity index (χ3v) is 2.48. The zero-order valence-electron chi connectivity index (χ0n) is 10.1. The van der Waals surface area contributed by atoms with E-state index in [0.717, 1.165) is 5.56 Å². The van der Waals surface area contributed by atoms with Gasteiger partial charge in [-0.15, -0.1) is 0 Å². The highest BCUT2D eigenvalue weighted by molar-refractivity contribution is 5.66. The third-order valence-electron chi connectivity index (χ3n) is 2.48. The Labute approximate surface area is 101 Å². The van der Waals surface area contributed by atoms with Gasteiger partial charge in [-0.05, 0) is 19.4 Å². The highest BCUT2D eigenvalue weighted by Gasteiger charge is 2.07. The van der Waals surface area contributed by atoms with Crippen LogP contribution in [-0.2, 0) is 11.3 Å². The van der Waals surface area contributed by atoms with E-state index >= 15 is 0 Å². The summed E-state index contributed by atoms with van der Waals surface area (Å²) in [7, 11) is 1.58. The van der Waals surface area contributed by atoms with Gasteiger partial charge in [0.25, 0.3) is 0 Å². The molecule has 0 saturated carbocycles. The second kappa shape index (κ2) is 6.85. The van der Waals surface area contributed by atoms with E-state index < -0.39 is 5.97 Å². The van der Waals surface area contributed by atoms with Crippen LogP contribution in [0.4, 0.5) is 0 Å². The number of carbonyl (C=O) groups is 1. The maximum Gasteiger partial charge on any atom is 0.303 e. The van der Waals surface area contributed by atoms with Crippen molar-refractivity contribution in [1.29, 1.82) is 0 Å². The van der Waals surface area contributed by atoms with Gasteiger partial charge in [-0.25, -0.2) is 4.98 Å². The average Bonchev–Trinajstić information content (AvgIpc) is 2.34. The summed E-state index contributed by atoms with van der Waals surface area (Å²) < 4.78 is 5.13. The van der Waals surface area contributed by atoms with Crippen molar-refractivity contribution in [3.8, 4) is 5.88 Å². The Morgan fingerprint density at radius 2 is 2.41 bits per heavy atom. The number of nitrogens with zero attached hydrogens (tertiary/aromatic N) is 1. The van der Waals surface area contributed by atoms with Crippen LogP contribution in [0.1, 0.15) is 25.3 Å². The van der Waals surface area contributed by atoms with Crippen LogP contribution in [0.5, 0.6) is 5.88 Å². The van der Waals surface area contributed by atoms with Crippen molar-refractivity contribution in [2.24, 2.45) is 0 Å². The molecule has 0 amide bonds. The van der Waals surface area contributed by atoms with Crippen LogP contribution in [0.15, 0.2) is 18.3 Å². The molecule has 1 heterocycles. The standard InChI is InChI=1S/C12H18N2O3/c1-9(5-6-11(15)16)14-8-10-4-3-7-13-12(10)17-2/h3-4,7,9,14H,5-6,8H2,1-2H3,(H,15,16). The number of carboxylic acids is 1. The number of nitrogens with one attached hydrogen (secondary N) is 1. The van der Waals surface area contributed by atoms with Gasteiger partial charge in [0.05, 0.1) is 7.11 Å². The monoisotopic (exact) mass is 238 g/mol. The molecule has 0 radical (unpaired) electrons. The number of carboxylic acid groups (broad SMARTS) is 1. The second-order valence-corrected chi connectivity index (χ2v) is 3.89. The molecule has 17 heavy (non-hydrogen) atoms.